The fourth-order valence-electron chi connectivity index (χ4n) is 1.66. The number of hydrogen-bond donors (Lipinski definition) is 1. The number of hydrogen-bond acceptors (Lipinski definition) is 2. The molecule has 0 aliphatic carbocycles. The van der Waals surface area contributed by atoms with Gasteiger partial charge in [0.15, 0.2) is 0 Å². The van der Waals surface area contributed by atoms with E-state index in [2.05, 4.69) is 20.8 Å². The lowest BCUT2D eigenvalue weighted by atomic mass is 9.86. The third kappa shape index (κ3) is 1.69. The van der Waals surface area contributed by atoms with E-state index in [1.54, 1.807) is 0 Å². The quantitative estimate of drug-likeness (QED) is 0.797. The predicted octanol–water partition coefficient (Wildman–Crippen LogP) is 3.43. The highest BCUT2D eigenvalue weighted by molar-refractivity contribution is 6.02. The van der Waals surface area contributed by atoms with Crippen molar-refractivity contribution >= 4 is 16.9 Å². The van der Waals surface area contributed by atoms with Gasteiger partial charge >= 0.3 is 5.97 Å². The molecule has 3 nitrogen and oxygen atoms in total. The first-order valence-corrected chi connectivity index (χ1v) is 5.14. The van der Waals surface area contributed by atoms with Crippen molar-refractivity contribution in [1.82, 2.24) is 0 Å². The summed E-state index contributed by atoms with van der Waals surface area (Å²) in [6.07, 6.45) is 1.29. The Morgan fingerprint density at radius 3 is 2.56 bits per heavy atom. The number of benzene rings is 1. The Morgan fingerprint density at radius 1 is 1.31 bits per heavy atom. The van der Waals surface area contributed by atoms with E-state index in [4.69, 9.17) is 9.52 Å². The van der Waals surface area contributed by atoms with Crippen LogP contribution in [-0.2, 0) is 5.41 Å². The van der Waals surface area contributed by atoms with Crippen molar-refractivity contribution in [3.8, 4) is 0 Å². The second-order valence-corrected chi connectivity index (χ2v) is 4.92. The normalized spacial score (nSPS) is 11.9. The molecule has 0 atom stereocenters. The molecule has 0 bridgehead atoms. The van der Waals surface area contributed by atoms with Crippen LogP contribution in [0.25, 0.3) is 11.0 Å². The molecule has 3 heteroatoms. The van der Waals surface area contributed by atoms with Gasteiger partial charge in [0, 0.05) is 5.39 Å². The summed E-state index contributed by atoms with van der Waals surface area (Å²) in [5, 5.41) is 9.59. The third-order valence-electron chi connectivity index (χ3n) is 2.67. The lowest BCUT2D eigenvalue weighted by molar-refractivity contribution is 0.0698. The maximum absolute atomic E-state index is 10.9. The maximum atomic E-state index is 10.9. The van der Waals surface area contributed by atoms with Crippen molar-refractivity contribution in [2.45, 2.75) is 26.2 Å². The van der Waals surface area contributed by atoms with Gasteiger partial charge in [-0.05, 0) is 23.1 Å². The molecule has 2 rings (SSSR count). The average Bonchev–Trinajstić information content (AvgIpc) is 2.58. The monoisotopic (exact) mass is 218 g/mol. The summed E-state index contributed by atoms with van der Waals surface area (Å²) in [5.41, 5.74) is 2.01. The lowest BCUT2D eigenvalue weighted by Gasteiger charge is -2.18. The maximum Gasteiger partial charge on any atom is 0.339 e. The van der Waals surface area contributed by atoms with Gasteiger partial charge in [-0.2, -0.15) is 0 Å². The van der Waals surface area contributed by atoms with Crippen molar-refractivity contribution in [3.05, 3.63) is 35.6 Å². The summed E-state index contributed by atoms with van der Waals surface area (Å²) in [4.78, 5) is 10.9. The smallest absolute Gasteiger partial charge is 0.339 e. The minimum Gasteiger partial charge on any atom is -0.478 e. The molecule has 84 valence electrons. The molecule has 0 spiro atoms. The molecule has 2 aromatic rings. The largest absolute Gasteiger partial charge is 0.478 e. The SMILES string of the molecule is CC(C)(C)c1ccc2c(C(=O)O)coc2c1. The fraction of sp³-hybridized carbons (Fsp3) is 0.308. The molecule has 16 heavy (non-hydrogen) atoms. The van der Waals surface area contributed by atoms with Crippen LogP contribution < -0.4 is 0 Å². The summed E-state index contributed by atoms with van der Waals surface area (Å²) in [7, 11) is 0. The van der Waals surface area contributed by atoms with E-state index in [0.29, 0.717) is 11.0 Å². The van der Waals surface area contributed by atoms with Crippen LogP contribution in [0.5, 0.6) is 0 Å². The second-order valence-electron chi connectivity index (χ2n) is 4.92. The zero-order chi connectivity index (χ0) is 11.9. The molecule has 1 heterocycles. The van der Waals surface area contributed by atoms with Gasteiger partial charge in [-0.1, -0.05) is 26.8 Å². The standard InChI is InChI=1S/C13H14O3/c1-13(2,3)8-4-5-9-10(12(14)15)7-16-11(9)6-8/h4-7H,1-3H3,(H,14,15). The van der Waals surface area contributed by atoms with Crippen LogP contribution in [0.1, 0.15) is 36.7 Å². The average molecular weight is 218 g/mol. The van der Waals surface area contributed by atoms with Gasteiger partial charge in [-0.3, -0.25) is 0 Å². The summed E-state index contributed by atoms with van der Waals surface area (Å²) in [5.74, 6) is -0.956. The Labute approximate surface area is 93.7 Å². The van der Waals surface area contributed by atoms with Crippen LogP contribution in [0.4, 0.5) is 0 Å². The van der Waals surface area contributed by atoms with Crippen LogP contribution in [0, 0.1) is 0 Å². The third-order valence-corrected chi connectivity index (χ3v) is 2.67. The van der Waals surface area contributed by atoms with E-state index >= 15 is 0 Å². The van der Waals surface area contributed by atoms with Crippen LogP contribution >= 0.6 is 0 Å². The van der Waals surface area contributed by atoms with Gasteiger partial charge in [0.05, 0.1) is 0 Å². The van der Waals surface area contributed by atoms with Gasteiger partial charge in [0.25, 0.3) is 0 Å². The Kier molecular flexibility index (Phi) is 2.26. The molecule has 1 N–H and O–H groups in total. The summed E-state index contributed by atoms with van der Waals surface area (Å²) in [6.45, 7) is 6.32. The summed E-state index contributed by atoms with van der Waals surface area (Å²) in [6, 6.07) is 5.66. The minimum atomic E-state index is -0.956. The van der Waals surface area contributed by atoms with Crippen molar-refractivity contribution in [1.29, 1.82) is 0 Å². The zero-order valence-electron chi connectivity index (χ0n) is 9.57. The first-order chi connectivity index (χ1) is 7.39. The topological polar surface area (TPSA) is 50.4 Å². The predicted molar refractivity (Wildman–Crippen MR) is 61.9 cm³/mol. The van der Waals surface area contributed by atoms with Crippen molar-refractivity contribution in [2.24, 2.45) is 0 Å². The molecular formula is C13H14O3. The highest BCUT2D eigenvalue weighted by Crippen LogP contribution is 2.28. The Hall–Kier alpha value is -1.77. The number of furan rings is 1. The van der Waals surface area contributed by atoms with Crippen molar-refractivity contribution in [2.75, 3.05) is 0 Å². The molecule has 0 unspecified atom stereocenters. The van der Waals surface area contributed by atoms with E-state index in [-0.39, 0.29) is 11.0 Å². The minimum absolute atomic E-state index is 0.0321. The number of carboxylic acids is 1. The van der Waals surface area contributed by atoms with Crippen LogP contribution in [0.3, 0.4) is 0 Å². The fourth-order valence-corrected chi connectivity index (χ4v) is 1.66. The molecule has 0 amide bonds. The van der Waals surface area contributed by atoms with E-state index in [1.807, 2.05) is 18.2 Å². The number of carboxylic acid groups (broad SMARTS) is 1. The first-order valence-electron chi connectivity index (χ1n) is 5.14. The van der Waals surface area contributed by atoms with Crippen molar-refractivity contribution in [3.63, 3.8) is 0 Å². The van der Waals surface area contributed by atoms with E-state index in [0.717, 1.165) is 5.56 Å². The van der Waals surface area contributed by atoms with Gasteiger partial charge in [-0.25, -0.2) is 4.79 Å². The molecule has 0 saturated carbocycles. The number of carbonyl (C=O) groups is 1. The Bertz CT molecular complexity index is 544. The number of rotatable bonds is 1. The van der Waals surface area contributed by atoms with E-state index in [1.165, 1.54) is 6.26 Å². The van der Waals surface area contributed by atoms with Crippen LogP contribution in [-0.4, -0.2) is 11.1 Å². The first kappa shape index (κ1) is 10.7. The number of aromatic carboxylic acids is 1. The molecule has 0 fully saturated rings. The van der Waals surface area contributed by atoms with Crippen molar-refractivity contribution < 1.29 is 14.3 Å². The molecule has 1 aromatic carbocycles. The Balaban J connectivity index is 2.62. The molecule has 0 radical (unpaired) electrons. The molecule has 1 aromatic heterocycles. The van der Waals surface area contributed by atoms with Gasteiger partial charge in [0.2, 0.25) is 0 Å². The van der Waals surface area contributed by atoms with Gasteiger partial charge in [-0.15, -0.1) is 0 Å². The Morgan fingerprint density at radius 2 is 2.00 bits per heavy atom. The highest BCUT2D eigenvalue weighted by Gasteiger charge is 2.17. The lowest BCUT2D eigenvalue weighted by Crippen LogP contribution is -2.10. The summed E-state index contributed by atoms with van der Waals surface area (Å²) >= 11 is 0. The van der Waals surface area contributed by atoms with Gasteiger partial charge in [0.1, 0.15) is 17.4 Å². The van der Waals surface area contributed by atoms with E-state index in [9.17, 15) is 4.79 Å². The number of fused-ring (bicyclic) bond motifs is 1. The molecule has 0 aliphatic rings. The second kappa shape index (κ2) is 3.37. The molecule has 0 aliphatic heterocycles. The molecule has 0 saturated heterocycles. The highest BCUT2D eigenvalue weighted by atomic mass is 16.4. The zero-order valence-corrected chi connectivity index (χ0v) is 9.57. The van der Waals surface area contributed by atoms with Crippen LogP contribution in [0.15, 0.2) is 28.9 Å². The summed E-state index contributed by atoms with van der Waals surface area (Å²) < 4.78 is 5.27. The van der Waals surface area contributed by atoms with Gasteiger partial charge < -0.3 is 9.52 Å². The van der Waals surface area contributed by atoms with Crippen LogP contribution in [0.2, 0.25) is 0 Å². The van der Waals surface area contributed by atoms with E-state index < -0.39 is 5.97 Å². The molecular weight excluding hydrogens is 204 g/mol.